The number of ether oxygens (including phenoxy) is 2. The van der Waals surface area contributed by atoms with Crippen LogP contribution in [0.5, 0.6) is 11.5 Å². The molecule has 0 saturated heterocycles. The summed E-state index contributed by atoms with van der Waals surface area (Å²) >= 11 is 0. The van der Waals surface area contributed by atoms with Gasteiger partial charge < -0.3 is 19.2 Å². The SMILES string of the molecule is COc1ccc2c(CC(=O)Nc3ccccc3OC(F)(F)F)coc2c1. The zero-order valence-corrected chi connectivity index (χ0v) is 13.6. The number of alkyl halides is 3. The molecule has 0 fully saturated rings. The number of hydrogen-bond acceptors (Lipinski definition) is 4. The Hall–Kier alpha value is -3.16. The number of amides is 1. The standard InChI is InChI=1S/C18H14F3NO4/c1-24-12-6-7-13-11(10-25-16(13)9-12)8-17(23)22-14-4-2-3-5-15(14)26-18(19,20)21/h2-7,9-10H,8H2,1H3,(H,22,23). The first kappa shape index (κ1) is 17.7. The van der Waals surface area contributed by atoms with Crippen molar-refractivity contribution in [3.63, 3.8) is 0 Å². The highest BCUT2D eigenvalue weighted by Gasteiger charge is 2.32. The summed E-state index contributed by atoms with van der Waals surface area (Å²) in [5.41, 5.74) is 1.09. The normalized spacial score (nSPS) is 11.4. The van der Waals surface area contributed by atoms with Crippen LogP contribution in [0.4, 0.5) is 18.9 Å². The quantitative estimate of drug-likeness (QED) is 0.722. The van der Waals surface area contributed by atoms with Gasteiger partial charge in [0, 0.05) is 17.0 Å². The van der Waals surface area contributed by atoms with E-state index in [0.717, 1.165) is 11.5 Å². The van der Waals surface area contributed by atoms with Gasteiger partial charge in [-0.15, -0.1) is 13.2 Å². The molecule has 5 nitrogen and oxygen atoms in total. The third-order valence-electron chi connectivity index (χ3n) is 3.60. The van der Waals surface area contributed by atoms with Crippen molar-refractivity contribution < 1.29 is 31.9 Å². The van der Waals surface area contributed by atoms with Crippen molar-refractivity contribution in [3.8, 4) is 11.5 Å². The zero-order chi connectivity index (χ0) is 18.7. The first-order valence-electron chi connectivity index (χ1n) is 7.54. The smallest absolute Gasteiger partial charge is 0.497 e. The van der Waals surface area contributed by atoms with Crippen LogP contribution in [-0.4, -0.2) is 19.4 Å². The number of benzene rings is 2. The number of nitrogens with one attached hydrogen (secondary N) is 1. The van der Waals surface area contributed by atoms with Crippen LogP contribution in [0.3, 0.4) is 0 Å². The van der Waals surface area contributed by atoms with Crippen molar-refractivity contribution in [2.75, 3.05) is 12.4 Å². The maximum Gasteiger partial charge on any atom is 0.573 e. The maximum atomic E-state index is 12.4. The number of carbonyl (C=O) groups excluding carboxylic acids is 1. The van der Waals surface area contributed by atoms with Crippen LogP contribution in [0.25, 0.3) is 11.0 Å². The van der Waals surface area contributed by atoms with Crippen molar-refractivity contribution in [1.29, 1.82) is 0 Å². The number of fused-ring (bicyclic) bond motifs is 1. The number of furan rings is 1. The largest absolute Gasteiger partial charge is 0.573 e. The van der Waals surface area contributed by atoms with Gasteiger partial charge >= 0.3 is 6.36 Å². The summed E-state index contributed by atoms with van der Waals surface area (Å²) in [4.78, 5) is 12.3. The first-order chi connectivity index (χ1) is 12.4. The average Bonchev–Trinajstić information content (AvgIpc) is 2.97. The molecule has 0 saturated carbocycles. The molecule has 0 aliphatic heterocycles. The van der Waals surface area contributed by atoms with Gasteiger partial charge in [-0.25, -0.2) is 0 Å². The van der Waals surface area contributed by atoms with Crippen LogP contribution >= 0.6 is 0 Å². The summed E-state index contributed by atoms with van der Waals surface area (Å²) in [6, 6.07) is 10.5. The third kappa shape index (κ3) is 4.08. The van der Waals surface area contributed by atoms with Gasteiger partial charge in [-0.3, -0.25) is 4.79 Å². The second-order valence-corrected chi connectivity index (χ2v) is 5.39. The minimum Gasteiger partial charge on any atom is -0.497 e. The van der Waals surface area contributed by atoms with Gasteiger partial charge in [-0.05, 0) is 24.3 Å². The molecule has 3 aromatic rings. The van der Waals surface area contributed by atoms with Crippen LogP contribution in [0.2, 0.25) is 0 Å². The highest BCUT2D eigenvalue weighted by Crippen LogP contribution is 2.30. The number of anilines is 1. The summed E-state index contributed by atoms with van der Waals surface area (Å²) in [5.74, 6) is -0.363. The molecule has 0 aliphatic rings. The number of carbonyl (C=O) groups is 1. The lowest BCUT2D eigenvalue weighted by Gasteiger charge is -2.13. The van der Waals surface area contributed by atoms with E-state index in [1.807, 2.05) is 0 Å². The molecule has 1 heterocycles. The number of para-hydroxylation sites is 2. The maximum absolute atomic E-state index is 12.4. The van der Waals surface area contributed by atoms with Crippen molar-refractivity contribution in [2.24, 2.45) is 0 Å². The van der Waals surface area contributed by atoms with Crippen LogP contribution in [0.1, 0.15) is 5.56 Å². The van der Waals surface area contributed by atoms with Crippen molar-refractivity contribution in [3.05, 3.63) is 54.3 Å². The number of hydrogen-bond donors (Lipinski definition) is 1. The Balaban J connectivity index is 1.76. The fourth-order valence-electron chi connectivity index (χ4n) is 2.48. The molecule has 1 amide bonds. The molecule has 0 spiro atoms. The van der Waals surface area contributed by atoms with Crippen molar-refractivity contribution >= 4 is 22.6 Å². The third-order valence-corrected chi connectivity index (χ3v) is 3.60. The summed E-state index contributed by atoms with van der Waals surface area (Å²) < 4.78 is 51.7. The van der Waals surface area contributed by atoms with Crippen molar-refractivity contribution in [1.82, 2.24) is 0 Å². The van der Waals surface area contributed by atoms with Gasteiger partial charge in [0.15, 0.2) is 5.75 Å². The molecule has 0 aliphatic carbocycles. The number of rotatable bonds is 5. The van der Waals surface area contributed by atoms with Gasteiger partial charge in [0.25, 0.3) is 0 Å². The number of halogens is 3. The van der Waals surface area contributed by atoms with Gasteiger partial charge in [-0.1, -0.05) is 12.1 Å². The zero-order valence-electron chi connectivity index (χ0n) is 13.6. The molecule has 1 N–H and O–H groups in total. The molecule has 8 heteroatoms. The van der Waals surface area contributed by atoms with E-state index in [1.54, 1.807) is 18.2 Å². The summed E-state index contributed by atoms with van der Waals surface area (Å²) in [5, 5.41) is 3.15. The lowest BCUT2D eigenvalue weighted by molar-refractivity contribution is -0.274. The minimum absolute atomic E-state index is 0.0655. The monoisotopic (exact) mass is 365 g/mol. The van der Waals surface area contributed by atoms with Crippen molar-refractivity contribution in [2.45, 2.75) is 12.8 Å². The summed E-state index contributed by atoms with van der Waals surface area (Å²) in [6.07, 6.45) is -3.48. The predicted molar refractivity (Wildman–Crippen MR) is 88.2 cm³/mol. The van der Waals surface area contributed by atoms with E-state index in [2.05, 4.69) is 10.1 Å². The topological polar surface area (TPSA) is 60.7 Å². The molecule has 3 rings (SSSR count). The molecule has 0 atom stereocenters. The molecule has 1 aromatic heterocycles. The van der Waals surface area contributed by atoms with Gasteiger partial charge in [0.05, 0.1) is 25.5 Å². The van der Waals surface area contributed by atoms with Gasteiger partial charge in [0.2, 0.25) is 5.91 Å². The van der Waals surface area contributed by atoms with Crippen LogP contribution < -0.4 is 14.8 Å². The minimum atomic E-state index is -4.85. The van der Waals surface area contributed by atoms with E-state index in [0.29, 0.717) is 16.9 Å². The second kappa shape index (κ2) is 6.99. The van der Waals surface area contributed by atoms with E-state index < -0.39 is 18.0 Å². The Bertz CT molecular complexity index is 934. The summed E-state index contributed by atoms with van der Waals surface area (Å²) in [7, 11) is 1.53. The molecular formula is C18H14F3NO4. The van der Waals surface area contributed by atoms with E-state index in [9.17, 15) is 18.0 Å². The second-order valence-electron chi connectivity index (χ2n) is 5.39. The first-order valence-corrected chi connectivity index (χ1v) is 7.54. The lowest BCUT2D eigenvalue weighted by Crippen LogP contribution is -2.20. The molecule has 2 aromatic carbocycles. The Morgan fingerprint density at radius 3 is 2.69 bits per heavy atom. The van der Waals surface area contributed by atoms with Gasteiger partial charge in [0.1, 0.15) is 11.3 Å². The molecule has 0 unspecified atom stereocenters. The van der Waals surface area contributed by atoms with Crippen LogP contribution in [0, 0.1) is 0 Å². The average molecular weight is 365 g/mol. The molecule has 0 bridgehead atoms. The Morgan fingerprint density at radius 1 is 1.19 bits per heavy atom. The van der Waals surface area contributed by atoms with E-state index in [1.165, 1.54) is 31.6 Å². The number of methoxy groups -OCH3 is 1. The molecule has 0 radical (unpaired) electrons. The van der Waals surface area contributed by atoms with E-state index in [4.69, 9.17) is 9.15 Å². The Morgan fingerprint density at radius 2 is 1.96 bits per heavy atom. The molecule has 136 valence electrons. The molecular weight excluding hydrogens is 351 g/mol. The summed E-state index contributed by atoms with van der Waals surface area (Å²) in [6.45, 7) is 0. The fourth-order valence-corrected chi connectivity index (χ4v) is 2.48. The van der Waals surface area contributed by atoms with E-state index in [-0.39, 0.29) is 12.1 Å². The van der Waals surface area contributed by atoms with Crippen LogP contribution in [-0.2, 0) is 11.2 Å². The Labute approximate surface area is 146 Å². The highest BCUT2D eigenvalue weighted by molar-refractivity contribution is 5.96. The van der Waals surface area contributed by atoms with Crippen LogP contribution in [0.15, 0.2) is 53.1 Å². The Kier molecular flexibility index (Phi) is 4.75. The van der Waals surface area contributed by atoms with E-state index >= 15 is 0 Å². The predicted octanol–water partition coefficient (Wildman–Crippen LogP) is 4.52. The highest BCUT2D eigenvalue weighted by atomic mass is 19.4. The fraction of sp³-hybridized carbons (Fsp3) is 0.167. The molecule has 26 heavy (non-hydrogen) atoms. The van der Waals surface area contributed by atoms with Gasteiger partial charge in [-0.2, -0.15) is 0 Å². The lowest BCUT2D eigenvalue weighted by atomic mass is 10.1.